The Bertz CT molecular complexity index is 1310. The lowest BCUT2D eigenvalue weighted by molar-refractivity contribution is -0.384. The summed E-state index contributed by atoms with van der Waals surface area (Å²) >= 11 is 0. The number of aliphatic hydroxyl groups excluding tert-OH is 1. The van der Waals surface area contributed by atoms with Crippen LogP contribution in [0.25, 0.3) is 11.0 Å². The van der Waals surface area contributed by atoms with E-state index >= 15 is 0 Å². The fourth-order valence-corrected chi connectivity index (χ4v) is 4.09. The maximum atomic E-state index is 13.6. The van der Waals surface area contributed by atoms with Gasteiger partial charge in [-0.15, -0.1) is 0 Å². The highest BCUT2D eigenvalue weighted by atomic mass is 16.6. The van der Waals surface area contributed by atoms with Crippen LogP contribution in [0.3, 0.4) is 0 Å². The molecule has 1 unspecified atom stereocenters. The first-order chi connectivity index (χ1) is 16.4. The van der Waals surface area contributed by atoms with E-state index in [-0.39, 0.29) is 23.6 Å². The van der Waals surface area contributed by atoms with Crippen molar-refractivity contribution >= 4 is 28.3 Å². The number of carbonyl (C=O) groups excluding carboxylic acids is 2. The van der Waals surface area contributed by atoms with Crippen molar-refractivity contribution in [3.8, 4) is 5.75 Å². The number of para-hydroxylation sites is 1. The van der Waals surface area contributed by atoms with Gasteiger partial charge in [0.25, 0.3) is 11.6 Å². The molecule has 0 saturated carbocycles. The fraction of sp³-hybridized carbons (Fsp3) is 0.250. The zero-order valence-electron chi connectivity index (χ0n) is 18.5. The number of nitro groups is 1. The number of methoxy groups -OCH3 is 2. The molecule has 1 aromatic heterocycles. The number of furan rings is 1. The minimum absolute atomic E-state index is 0.0944. The third kappa shape index (κ3) is 3.99. The number of hydrogen-bond donors (Lipinski definition) is 1. The number of benzene rings is 2. The maximum absolute atomic E-state index is 13.6. The molecule has 1 atom stereocenters. The molecular weight excluding hydrogens is 444 g/mol. The van der Waals surface area contributed by atoms with Crippen LogP contribution in [-0.4, -0.2) is 54.0 Å². The molecule has 3 aromatic rings. The average molecular weight is 466 g/mol. The lowest BCUT2D eigenvalue weighted by atomic mass is 9.94. The molecule has 176 valence electrons. The van der Waals surface area contributed by atoms with E-state index in [1.807, 2.05) is 0 Å². The van der Waals surface area contributed by atoms with E-state index in [0.29, 0.717) is 35.3 Å². The molecule has 0 saturated heterocycles. The molecule has 34 heavy (non-hydrogen) atoms. The van der Waals surface area contributed by atoms with Crippen molar-refractivity contribution in [2.45, 2.75) is 12.5 Å². The number of aliphatic hydroxyl groups is 1. The Kier molecular flexibility index (Phi) is 6.33. The molecule has 0 aliphatic carbocycles. The Hall–Kier alpha value is -4.18. The first kappa shape index (κ1) is 23.0. The van der Waals surface area contributed by atoms with Crippen LogP contribution in [0, 0.1) is 10.1 Å². The molecule has 4 rings (SSSR count). The van der Waals surface area contributed by atoms with Gasteiger partial charge < -0.3 is 23.9 Å². The number of hydrogen-bond acceptors (Lipinski definition) is 8. The number of ether oxygens (including phenoxy) is 2. The molecule has 0 spiro atoms. The molecule has 0 bridgehead atoms. The minimum atomic E-state index is -1.04. The monoisotopic (exact) mass is 466 g/mol. The number of nitro benzene ring substituents is 1. The fourth-order valence-electron chi connectivity index (χ4n) is 4.09. The molecule has 2 heterocycles. The van der Waals surface area contributed by atoms with Crippen molar-refractivity contribution in [2.75, 3.05) is 27.4 Å². The topological polar surface area (TPSA) is 132 Å². The molecule has 0 radical (unpaired) electrons. The van der Waals surface area contributed by atoms with Gasteiger partial charge in [0.1, 0.15) is 0 Å². The molecule has 10 heteroatoms. The van der Waals surface area contributed by atoms with Crippen molar-refractivity contribution in [1.82, 2.24) is 4.90 Å². The van der Waals surface area contributed by atoms with E-state index in [9.17, 15) is 24.8 Å². The first-order valence-electron chi connectivity index (χ1n) is 10.5. The van der Waals surface area contributed by atoms with E-state index in [4.69, 9.17) is 13.9 Å². The SMILES string of the molecule is COCCCN1C(=O)C(O)=C(C(=O)c2cc3cccc(OC)c3o2)C1c1cccc([N+](=O)[O-])c1. The highest BCUT2D eigenvalue weighted by molar-refractivity contribution is 6.16. The molecule has 10 nitrogen and oxygen atoms in total. The Labute approximate surface area is 194 Å². The first-order valence-corrected chi connectivity index (χ1v) is 10.5. The predicted molar refractivity (Wildman–Crippen MR) is 121 cm³/mol. The summed E-state index contributed by atoms with van der Waals surface area (Å²) in [4.78, 5) is 38.6. The smallest absolute Gasteiger partial charge is 0.290 e. The van der Waals surface area contributed by atoms with E-state index in [0.717, 1.165) is 0 Å². The van der Waals surface area contributed by atoms with Gasteiger partial charge in [-0.1, -0.05) is 24.3 Å². The van der Waals surface area contributed by atoms with Gasteiger partial charge in [-0.2, -0.15) is 0 Å². The highest BCUT2D eigenvalue weighted by Gasteiger charge is 2.44. The largest absolute Gasteiger partial charge is 0.503 e. The number of non-ortho nitro benzene ring substituents is 1. The van der Waals surface area contributed by atoms with E-state index in [2.05, 4.69) is 0 Å². The number of Topliss-reactive ketones (excluding diaryl/α,β-unsaturated/α-hetero) is 1. The van der Waals surface area contributed by atoms with E-state index < -0.39 is 28.4 Å². The molecule has 1 aliphatic rings. The third-order valence-electron chi connectivity index (χ3n) is 5.64. The van der Waals surface area contributed by atoms with Gasteiger partial charge in [-0.25, -0.2) is 0 Å². The van der Waals surface area contributed by atoms with E-state index in [1.54, 1.807) is 24.3 Å². The van der Waals surface area contributed by atoms with Crippen molar-refractivity contribution in [3.05, 3.63) is 81.3 Å². The maximum Gasteiger partial charge on any atom is 0.290 e. The molecule has 1 aliphatic heterocycles. The normalized spacial score (nSPS) is 15.9. The zero-order chi connectivity index (χ0) is 24.4. The van der Waals surface area contributed by atoms with Crippen LogP contribution in [0.4, 0.5) is 5.69 Å². The van der Waals surface area contributed by atoms with Crippen molar-refractivity contribution in [1.29, 1.82) is 0 Å². The molecular formula is C24H22N2O8. The van der Waals surface area contributed by atoms with Crippen LogP contribution < -0.4 is 4.74 Å². The lowest BCUT2D eigenvalue weighted by Crippen LogP contribution is -2.32. The Morgan fingerprint density at radius 2 is 1.97 bits per heavy atom. The summed E-state index contributed by atoms with van der Waals surface area (Å²) in [6.45, 7) is 0.508. The number of nitrogens with zero attached hydrogens (tertiary/aromatic N) is 2. The summed E-state index contributed by atoms with van der Waals surface area (Å²) in [6, 6.07) is 11.3. The summed E-state index contributed by atoms with van der Waals surface area (Å²) in [5.41, 5.74) is 0.261. The van der Waals surface area contributed by atoms with Gasteiger partial charge in [-0.05, 0) is 24.1 Å². The molecule has 0 fully saturated rings. The number of fused-ring (bicyclic) bond motifs is 1. The summed E-state index contributed by atoms with van der Waals surface area (Å²) in [5, 5.41) is 22.7. The number of rotatable bonds is 9. The van der Waals surface area contributed by atoms with Crippen molar-refractivity contribution in [2.24, 2.45) is 0 Å². The summed E-state index contributed by atoms with van der Waals surface area (Å²) in [7, 11) is 2.99. The zero-order valence-corrected chi connectivity index (χ0v) is 18.5. The molecule has 2 aromatic carbocycles. The average Bonchev–Trinajstić information content (AvgIpc) is 3.38. The van der Waals surface area contributed by atoms with Gasteiger partial charge in [0.2, 0.25) is 5.78 Å². The van der Waals surface area contributed by atoms with E-state index in [1.165, 1.54) is 43.4 Å². The molecule has 1 N–H and O–H groups in total. The van der Waals surface area contributed by atoms with Gasteiger partial charge >= 0.3 is 0 Å². The number of carbonyl (C=O) groups is 2. The van der Waals surface area contributed by atoms with Gasteiger partial charge in [0, 0.05) is 37.8 Å². The van der Waals surface area contributed by atoms with Gasteiger partial charge in [-0.3, -0.25) is 19.7 Å². The third-order valence-corrected chi connectivity index (χ3v) is 5.64. The van der Waals surface area contributed by atoms with Crippen LogP contribution in [0.1, 0.15) is 28.6 Å². The Balaban J connectivity index is 1.81. The van der Waals surface area contributed by atoms with Crippen LogP contribution in [0.15, 0.2) is 64.3 Å². The summed E-state index contributed by atoms with van der Waals surface area (Å²) in [6.07, 6.45) is 0.435. The van der Waals surface area contributed by atoms with Crippen molar-refractivity contribution < 1.29 is 33.5 Å². The van der Waals surface area contributed by atoms with Crippen LogP contribution in [0.2, 0.25) is 0 Å². The second-order valence-electron chi connectivity index (χ2n) is 7.68. The van der Waals surface area contributed by atoms with Crippen LogP contribution >= 0.6 is 0 Å². The highest BCUT2D eigenvalue weighted by Crippen LogP contribution is 2.41. The Morgan fingerprint density at radius 3 is 2.68 bits per heavy atom. The second-order valence-corrected chi connectivity index (χ2v) is 7.68. The predicted octanol–water partition coefficient (Wildman–Crippen LogP) is 3.96. The van der Waals surface area contributed by atoms with Crippen molar-refractivity contribution in [3.63, 3.8) is 0 Å². The number of amides is 1. The lowest BCUT2D eigenvalue weighted by Gasteiger charge is -2.26. The summed E-state index contributed by atoms with van der Waals surface area (Å²) < 4.78 is 16.1. The standard InChI is InChI=1S/C24H22N2O8/c1-32-11-5-10-25-20(14-6-3-8-16(12-14)26(30)31)19(22(28)24(25)29)21(27)18-13-15-7-4-9-17(33-2)23(15)34-18/h3-4,6-9,12-13,20,28H,5,10-11H2,1-2H3. The minimum Gasteiger partial charge on any atom is -0.503 e. The Morgan fingerprint density at radius 1 is 1.21 bits per heavy atom. The van der Waals surface area contributed by atoms with Crippen LogP contribution in [-0.2, 0) is 9.53 Å². The molecule has 1 amide bonds. The van der Waals surface area contributed by atoms with Gasteiger partial charge in [0.05, 0.1) is 23.6 Å². The van der Waals surface area contributed by atoms with Crippen LogP contribution in [0.5, 0.6) is 5.75 Å². The van der Waals surface area contributed by atoms with Gasteiger partial charge in [0.15, 0.2) is 22.9 Å². The summed E-state index contributed by atoms with van der Waals surface area (Å²) in [5.74, 6) is -1.83. The number of ketones is 1. The second kappa shape index (κ2) is 9.36. The quantitative estimate of drug-likeness (QED) is 0.217.